The molecule has 1 amide bonds. The molecule has 0 atom stereocenters. The van der Waals surface area contributed by atoms with E-state index in [0.717, 1.165) is 10.6 Å². The molecule has 0 aliphatic heterocycles. The first-order valence-corrected chi connectivity index (χ1v) is 7.67. The van der Waals surface area contributed by atoms with Crippen LogP contribution in [0.4, 0.5) is 5.69 Å². The van der Waals surface area contributed by atoms with Crippen LogP contribution in [-0.4, -0.2) is 53.0 Å². The molecule has 0 fully saturated rings. The number of carbonyl (C=O) groups excluding carboxylic acids is 1. The molecule has 7 nitrogen and oxygen atoms in total. The van der Waals surface area contributed by atoms with E-state index in [-0.39, 0.29) is 18.7 Å². The summed E-state index contributed by atoms with van der Waals surface area (Å²) in [4.78, 5) is 11.9. The number of sulfonamides is 1. The van der Waals surface area contributed by atoms with Gasteiger partial charge in [-0.2, -0.15) is 0 Å². The second kappa shape index (κ2) is 6.58. The third kappa shape index (κ3) is 3.84. The Morgan fingerprint density at radius 3 is 2.60 bits per heavy atom. The van der Waals surface area contributed by atoms with Gasteiger partial charge in [-0.25, -0.2) is 8.42 Å². The standard InChI is InChI=1S/C12H18N2O5S/c1-14(20(3,17)18)9-4-5-11(19-2)10(8-9)12(16)13-6-7-15/h4-5,8,15H,6-7H2,1-3H3,(H,13,16). The first-order chi connectivity index (χ1) is 9.31. The normalized spacial score (nSPS) is 11.0. The number of anilines is 1. The Bertz CT molecular complexity index is 586. The number of rotatable bonds is 6. The number of hydrogen-bond donors (Lipinski definition) is 2. The fraction of sp³-hybridized carbons (Fsp3) is 0.417. The number of nitrogens with one attached hydrogen (secondary N) is 1. The Morgan fingerprint density at radius 2 is 2.10 bits per heavy atom. The molecule has 0 spiro atoms. The van der Waals surface area contributed by atoms with E-state index in [0.29, 0.717) is 11.4 Å². The zero-order chi connectivity index (χ0) is 15.3. The van der Waals surface area contributed by atoms with E-state index in [9.17, 15) is 13.2 Å². The molecular weight excluding hydrogens is 284 g/mol. The van der Waals surface area contributed by atoms with Crippen LogP contribution >= 0.6 is 0 Å². The van der Waals surface area contributed by atoms with Crippen LogP contribution in [0.15, 0.2) is 18.2 Å². The minimum Gasteiger partial charge on any atom is -0.496 e. The first kappa shape index (κ1) is 16.3. The molecule has 112 valence electrons. The van der Waals surface area contributed by atoms with Crippen LogP contribution in [0.25, 0.3) is 0 Å². The van der Waals surface area contributed by atoms with Crippen molar-refractivity contribution in [3.8, 4) is 5.75 Å². The molecule has 0 saturated carbocycles. The lowest BCUT2D eigenvalue weighted by Crippen LogP contribution is -2.28. The number of ether oxygens (including phenoxy) is 1. The van der Waals surface area contributed by atoms with Gasteiger partial charge in [0.25, 0.3) is 5.91 Å². The summed E-state index contributed by atoms with van der Waals surface area (Å²) in [7, 11) is -0.604. The van der Waals surface area contributed by atoms with Gasteiger partial charge in [-0.15, -0.1) is 0 Å². The molecule has 0 aliphatic rings. The molecule has 0 unspecified atom stereocenters. The fourth-order valence-electron chi connectivity index (χ4n) is 1.53. The van der Waals surface area contributed by atoms with Gasteiger partial charge in [0.1, 0.15) is 5.75 Å². The van der Waals surface area contributed by atoms with Crippen molar-refractivity contribution in [2.75, 3.05) is 37.9 Å². The van der Waals surface area contributed by atoms with Crippen molar-refractivity contribution >= 4 is 21.6 Å². The van der Waals surface area contributed by atoms with Gasteiger partial charge in [0.05, 0.1) is 31.2 Å². The molecule has 1 aromatic carbocycles. The molecule has 8 heteroatoms. The Morgan fingerprint density at radius 1 is 1.45 bits per heavy atom. The number of methoxy groups -OCH3 is 1. The summed E-state index contributed by atoms with van der Waals surface area (Å²) in [6.45, 7) is -0.0783. The van der Waals surface area contributed by atoms with Gasteiger partial charge < -0.3 is 15.2 Å². The van der Waals surface area contributed by atoms with Gasteiger partial charge in [0.2, 0.25) is 10.0 Å². The summed E-state index contributed by atoms with van der Waals surface area (Å²) in [6.07, 6.45) is 1.07. The molecule has 0 aliphatic carbocycles. The summed E-state index contributed by atoms with van der Waals surface area (Å²) in [5, 5.41) is 11.2. The van der Waals surface area contributed by atoms with Crippen LogP contribution in [0, 0.1) is 0 Å². The third-order valence-electron chi connectivity index (χ3n) is 2.69. The van der Waals surface area contributed by atoms with Crippen LogP contribution in [0.2, 0.25) is 0 Å². The van der Waals surface area contributed by atoms with Crippen molar-refractivity contribution in [2.45, 2.75) is 0 Å². The molecule has 1 aromatic rings. The topological polar surface area (TPSA) is 95.9 Å². The van der Waals surface area contributed by atoms with E-state index in [2.05, 4.69) is 5.32 Å². The van der Waals surface area contributed by atoms with Crippen LogP contribution in [0.3, 0.4) is 0 Å². The third-order valence-corrected chi connectivity index (χ3v) is 3.89. The highest BCUT2D eigenvalue weighted by atomic mass is 32.2. The van der Waals surface area contributed by atoms with Crippen LogP contribution < -0.4 is 14.4 Å². The van der Waals surface area contributed by atoms with Crippen molar-refractivity contribution in [2.24, 2.45) is 0 Å². The van der Waals surface area contributed by atoms with Crippen molar-refractivity contribution in [3.63, 3.8) is 0 Å². The van der Waals surface area contributed by atoms with Gasteiger partial charge >= 0.3 is 0 Å². The summed E-state index contributed by atoms with van der Waals surface area (Å²) in [6, 6.07) is 4.49. The summed E-state index contributed by atoms with van der Waals surface area (Å²) >= 11 is 0. The Kier molecular flexibility index (Phi) is 5.34. The molecule has 0 aromatic heterocycles. The lowest BCUT2D eigenvalue weighted by molar-refractivity contribution is 0.0941. The monoisotopic (exact) mass is 302 g/mol. The van der Waals surface area contributed by atoms with E-state index in [4.69, 9.17) is 9.84 Å². The molecule has 1 rings (SSSR count). The van der Waals surface area contributed by atoms with Gasteiger partial charge in [-0.1, -0.05) is 0 Å². The van der Waals surface area contributed by atoms with E-state index in [1.165, 1.54) is 26.3 Å². The van der Waals surface area contributed by atoms with Crippen LogP contribution in [0.1, 0.15) is 10.4 Å². The van der Waals surface area contributed by atoms with E-state index >= 15 is 0 Å². The first-order valence-electron chi connectivity index (χ1n) is 5.82. The predicted octanol–water partition coefficient (Wildman–Crippen LogP) is -0.187. The molecule has 2 N–H and O–H groups in total. The van der Waals surface area contributed by atoms with Gasteiger partial charge in [0.15, 0.2) is 0 Å². The Balaban J connectivity index is 3.18. The average molecular weight is 302 g/mol. The van der Waals surface area contributed by atoms with E-state index < -0.39 is 15.9 Å². The van der Waals surface area contributed by atoms with Gasteiger partial charge in [-0.3, -0.25) is 9.10 Å². The number of carbonyl (C=O) groups is 1. The average Bonchev–Trinajstić information content (AvgIpc) is 2.42. The van der Waals surface area contributed by atoms with Crippen molar-refractivity contribution in [3.05, 3.63) is 23.8 Å². The lowest BCUT2D eigenvalue weighted by Gasteiger charge is -2.18. The SMILES string of the molecule is COc1ccc(N(C)S(C)(=O)=O)cc1C(=O)NCCO. The van der Waals surface area contributed by atoms with E-state index in [1.807, 2.05) is 0 Å². The van der Waals surface area contributed by atoms with E-state index in [1.54, 1.807) is 6.07 Å². The minimum atomic E-state index is -3.41. The van der Waals surface area contributed by atoms with Crippen molar-refractivity contribution < 1.29 is 23.1 Å². The molecule has 20 heavy (non-hydrogen) atoms. The predicted molar refractivity (Wildman–Crippen MR) is 75.7 cm³/mol. The number of benzene rings is 1. The number of aliphatic hydroxyl groups is 1. The second-order valence-corrected chi connectivity index (χ2v) is 6.11. The lowest BCUT2D eigenvalue weighted by atomic mass is 10.1. The molecule has 0 heterocycles. The maximum atomic E-state index is 11.9. The summed E-state index contributed by atoms with van der Waals surface area (Å²) in [5.74, 6) is -0.120. The Hall–Kier alpha value is -1.80. The van der Waals surface area contributed by atoms with Crippen molar-refractivity contribution in [1.29, 1.82) is 0 Å². The minimum absolute atomic E-state index is 0.105. The number of nitrogens with zero attached hydrogens (tertiary/aromatic N) is 1. The smallest absolute Gasteiger partial charge is 0.255 e. The van der Waals surface area contributed by atoms with Crippen molar-refractivity contribution in [1.82, 2.24) is 5.32 Å². The Labute approximate surface area is 118 Å². The highest BCUT2D eigenvalue weighted by molar-refractivity contribution is 7.92. The molecule has 0 saturated heterocycles. The maximum Gasteiger partial charge on any atom is 0.255 e. The fourth-order valence-corrected chi connectivity index (χ4v) is 2.02. The number of aliphatic hydroxyl groups excluding tert-OH is 1. The molecule has 0 radical (unpaired) electrons. The molecule has 0 bridgehead atoms. The van der Waals surface area contributed by atoms with Crippen LogP contribution in [0.5, 0.6) is 5.75 Å². The summed E-state index contributed by atoms with van der Waals surface area (Å²) in [5.41, 5.74) is 0.552. The number of amides is 1. The highest BCUT2D eigenvalue weighted by Crippen LogP contribution is 2.25. The van der Waals surface area contributed by atoms with Crippen LogP contribution in [-0.2, 0) is 10.0 Å². The molecular formula is C12H18N2O5S. The largest absolute Gasteiger partial charge is 0.496 e. The quantitative estimate of drug-likeness (QED) is 0.759. The highest BCUT2D eigenvalue weighted by Gasteiger charge is 2.17. The van der Waals surface area contributed by atoms with Gasteiger partial charge in [0, 0.05) is 13.6 Å². The summed E-state index contributed by atoms with van der Waals surface area (Å²) < 4.78 is 29.1. The van der Waals surface area contributed by atoms with Gasteiger partial charge in [-0.05, 0) is 18.2 Å². The second-order valence-electron chi connectivity index (χ2n) is 4.09. The zero-order valence-corrected chi connectivity index (χ0v) is 12.4. The number of hydrogen-bond acceptors (Lipinski definition) is 5. The zero-order valence-electron chi connectivity index (χ0n) is 11.6. The maximum absolute atomic E-state index is 11.9.